The fourth-order valence-corrected chi connectivity index (χ4v) is 4.52. The van der Waals surface area contributed by atoms with Crippen LogP contribution in [0.5, 0.6) is 17.5 Å². The molecule has 0 saturated heterocycles. The Kier molecular flexibility index (Phi) is 6.85. The first kappa shape index (κ1) is 27.3. The maximum Gasteiger partial charge on any atom is 0.435 e. The molecule has 202 valence electrons. The van der Waals surface area contributed by atoms with Crippen LogP contribution in [0.25, 0.3) is 0 Å². The van der Waals surface area contributed by atoms with Gasteiger partial charge < -0.3 is 14.8 Å². The highest BCUT2D eigenvalue weighted by atomic mass is 32.2. The maximum absolute atomic E-state index is 13.6. The lowest BCUT2D eigenvalue weighted by molar-refractivity contribution is -0.142. The quantitative estimate of drug-likeness (QED) is 0.436. The minimum atomic E-state index is -4.89. The Hall–Kier alpha value is -3.74. The second-order valence-electron chi connectivity index (χ2n) is 9.43. The van der Waals surface area contributed by atoms with E-state index in [-0.39, 0.29) is 27.6 Å². The molecular weight excluding hydrogens is 525 g/mol. The molecule has 1 aliphatic rings. The topological polar surface area (TPSA) is 120 Å². The molecule has 1 N–H and O–H groups in total. The van der Waals surface area contributed by atoms with Gasteiger partial charge in [0.25, 0.3) is 17.7 Å². The van der Waals surface area contributed by atoms with E-state index in [9.17, 15) is 26.4 Å². The number of alkyl halides is 3. The van der Waals surface area contributed by atoms with Gasteiger partial charge in [-0.05, 0) is 62.1 Å². The molecule has 1 aromatic carbocycles. The van der Waals surface area contributed by atoms with E-state index in [1.54, 1.807) is 13.0 Å². The third-order valence-corrected chi connectivity index (χ3v) is 7.45. The van der Waals surface area contributed by atoms with Gasteiger partial charge in [0.1, 0.15) is 5.56 Å². The number of hydrogen-bond donors (Lipinski definition) is 1. The molecule has 38 heavy (non-hydrogen) atoms. The molecule has 0 aliphatic heterocycles. The molecule has 1 aliphatic carbocycles. The van der Waals surface area contributed by atoms with Gasteiger partial charge in [0.05, 0.1) is 17.7 Å². The SMILES string of the molecule is COc1nc(C2(C)CC2)cc(C)c1Oc1nnc(C(F)(F)F)c(C)c1C(=O)Nc1cccc(S(C)(=O)=O)c1. The van der Waals surface area contributed by atoms with Gasteiger partial charge in [-0.2, -0.15) is 13.2 Å². The normalized spacial score (nSPS) is 14.6. The smallest absolute Gasteiger partial charge is 0.435 e. The standard InChI is InChI=1S/C25H25F3N4O5S/c1-13-11-17(24(3)9-10-24)30-23(36-4)19(13)37-22-18(14(2)20(31-32-22)25(26,27)28)21(33)29-15-7-6-8-16(12-15)38(5,34)35/h6-8,11-12H,9-10H2,1-5H3,(H,29,33). The number of carbonyl (C=O) groups is 1. The minimum absolute atomic E-state index is 0.0473. The number of aryl methyl sites for hydroxylation is 1. The number of rotatable bonds is 7. The van der Waals surface area contributed by atoms with Crippen LogP contribution >= 0.6 is 0 Å². The summed E-state index contributed by atoms with van der Waals surface area (Å²) in [6.07, 6.45) is -1.99. The lowest BCUT2D eigenvalue weighted by atomic mass is 10.0. The van der Waals surface area contributed by atoms with Crippen molar-refractivity contribution in [3.63, 3.8) is 0 Å². The van der Waals surface area contributed by atoms with E-state index in [4.69, 9.17) is 9.47 Å². The van der Waals surface area contributed by atoms with Crippen LogP contribution in [0, 0.1) is 13.8 Å². The number of hydrogen-bond acceptors (Lipinski definition) is 8. The van der Waals surface area contributed by atoms with Crippen LogP contribution in [0.1, 0.15) is 52.6 Å². The average molecular weight is 551 g/mol. The Morgan fingerprint density at radius 2 is 1.79 bits per heavy atom. The fourth-order valence-electron chi connectivity index (χ4n) is 3.85. The van der Waals surface area contributed by atoms with E-state index in [1.807, 2.05) is 0 Å². The number of sulfone groups is 1. The summed E-state index contributed by atoms with van der Waals surface area (Å²) in [5, 5.41) is 9.29. The number of halogens is 3. The van der Waals surface area contributed by atoms with E-state index in [0.717, 1.165) is 31.7 Å². The van der Waals surface area contributed by atoms with Crippen molar-refractivity contribution in [2.75, 3.05) is 18.7 Å². The van der Waals surface area contributed by atoms with Crippen LogP contribution in [0.4, 0.5) is 18.9 Å². The highest BCUT2D eigenvalue weighted by Gasteiger charge is 2.42. The molecule has 0 bridgehead atoms. The second-order valence-corrected chi connectivity index (χ2v) is 11.4. The highest BCUT2D eigenvalue weighted by molar-refractivity contribution is 7.90. The van der Waals surface area contributed by atoms with E-state index in [1.165, 1.54) is 31.4 Å². The van der Waals surface area contributed by atoms with Crippen molar-refractivity contribution in [2.24, 2.45) is 0 Å². The summed E-state index contributed by atoms with van der Waals surface area (Å²) in [6, 6.07) is 7.11. The molecule has 1 fully saturated rings. The van der Waals surface area contributed by atoms with Crippen LogP contribution in [0.3, 0.4) is 0 Å². The summed E-state index contributed by atoms with van der Waals surface area (Å²) >= 11 is 0. The molecule has 0 radical (unpaired) electrons. The van der Waals surface area contributed by atoms with E-state index < -0.39 is 44.6 Å². The Balaban J connectivity index is 1.79. The first-order valence-electron chi connectivity index (χ1n) is 11.4. The number of nitrogens with one attached hydrogen (secondary N) is 1. The van der Waals surface area contributed by atoms with Gasteiger partial charge in [-0.25, -0.2) is 13.4 Å². The maximum atomic E-state index is 13.6. The van der Waals surface area contributed by atoms with E-state index in [0.29, 0.717) is 5.56 Å². The molecule has 0 unspecified atom stereocenters. The molecule has 4 rings (SSSR count). The van der Waals surface area contributed by atoms with Crippen molar-refractivity contribution in [3.05, 3.63) is 58.4 Å². The molecule has 2 heterocycles. The minimum Gasteiger partial charge on any atom is -0.478 e. The number of methoxy groups -OCH3 is 1. The molecular formula is C25H25F3N4O5S. The molecule has 1 amide bonds. The van der Waals surface area contributed by atoms with Gasteiger partial charge in [0.15, 0.2) is 21.3 Å². The van der Waals surface area contributed by atoms with Crippen molar-refractivity contribution in [3.8, 4) is 17.5 Å². The van der Waals surface area contributed by atoms with Crippen LogP contribution in [0.2, 0.25) is 0 Å². The van der Waals surface area contributed by atoms with Crippen molar-refractivity contribution in [1.82, 2.24) is 15.2 Å². The number of amides is 1. The molecule has 3 aromatic rings. The summed E-state index contributed by atoms with van der Waals surface area (Å²) in [5.74, 6) is -1.35. The number of carbonyl (C=O) groups excluding carboxylic acids is 1. The predicted octanol–water partition coefficient (Wildman–Crippen LogP) is 5.02. The van der Waals surface area contributed by atoms with Gasteiger partial charge in [0, 0.05) is 17.4 Å². The van der Waals surface area contributed by atoms with Crippen molar-refractivity contribution in [1.29, 1.82) is 0 Å². The molecule has 0 atom stereocenters. The molecule has 13 heteroatoms. The Bertz CT molecular complexity index is 1540. The monoisotopic (exact) mass is 550 g/mol. The van der Waals surface area contributed by atoms with Gasteiger partial charge in [-0.15, -0.1) is 10.2 Å². The van der Waals surface area contributed by atoms with Gasteiger partial charge >= 0.3 is 6.18 Å². The Morgan fingerprint density at radius 3 is 2.37 bits per heavy atom. The number of anilines is 1. The van der Waals surface area contributed by atoms with Crippen molar-refractivity contribution in [2.45, 2.75) is 50.1 Å². The second kappa shape index (κ2) is 9.53. The zero-order valence-electron chi connectivity index (χ0n) is 21.2. The third kappa shape index (κ3) is 5.42. The highest BCUT2D eigenvalue weighted by Crippen LogP contribution is 2.49. The summed E-state index contributed by atoms with van der Waals surface area (Å²) in [7, 11) is -2.22. The zero-order valence-corrected chi connectivity index (χ0v) is 22.0. The predicted molar refractivity (Wildman–Crippen MR) is 131 cm³/mol. The van der Waals surface area contributed by atoms with Gasteiger partial charge in [-0.3, -0.25) is 4.79 Å². The largest absolute Gasteiger partial charge is 0.478 e. The van der Waals surface area contributed by atoms with E-state index >= 15 is 0 Å². The zero-order chi connectivity index (χ0) is 28.0. The summed E-state index contributed by atoms with van der Waals surface area (Å²) in [4.78, 5) is 17.7. The van der Waals surface area contributed by atoms with Crippen LogP contribution < -0.4 is 14.8 Å². The lowest BCUT2D eigenvalue weighted by Gasteiger charge is -2.19. The van der Waals surface area contributed by atoms with Crippen molar-refractivity contribution < 1.29 is 35.9 Å². The van der Waals surface area contributed by atoms with Crippen LogP contribution in [-0.2, 0) is 21.4 Å². The summed E-state index contributed by atoms with van der Waals surface area (Å²) < 4.78 is 75.9. The number of pyridine rings is 1. The number of nitrogens with zero attached hydrogens (tertiary/aromatic N) is 3. The third-order valence-electron chi connectivity index (χ3n) is 6.34. The van der Waals surface area contributed by atoms with Gasteiger partial charge in [0.2, 0.25) is 0 Å². The molecule has 9 nitrogen and oxygen atoms in total. The Morgan fingerprint density at radius 1 is 1.11 bits per heavy atom. The Labute approximate surface area is 217 Å². The van der Waals surface area contributed by atoms with E-state index in [2.05, 4.69) is 27.4 Å². The average Bonchev–Trinajstić information content (AvgIpc) is 3.57. The summed E-state index contributed by atoms with van der Waals surface area (Å²) in [5.41, 5.74) is -1.09. The molecule has 2 aromatic heterocycles. The van der Waals surface area contributed by atoms with Crippen LogP contribution in [0.15, 0.2) is 35.2 Å². The fraction of sp³-hybridized carbons (Fsp3) is 0.360. The number of ether oxygens (including phenoxy) is 2. The number of benzene rings is 1. The first-order chi connectivity index (χ1) is 17.6. The molecule has 0 spiro atoms. The molecule has 1 saturated carbocycles. The summed E-state index contributed by atoms with van der Waals surface area (Å²) in [6.45, 7) is 4.85. The van der Waals surface area contributed by atoms with Gasteiger partial charge in [-0.1, -0.05) is 13.0 Å². The lowest BCUT2D eigenvalue weighted by Crippen LogP contribution is -2.21. The number of aromatic nitrogens is 3. The van der Waals surface area contributed by atoms with Crippen LogP contribution in [-0.4, -0.2) is 42.9 Å². The van der Waals surface area contributed by atoms with Crippen molar-refractivity contribution >= 4 is 21.4 Å². The first-order valence-corrected chi connectivity index (χ1v) is 13.3.